The molecule has 0 heterocycles. The van der Waals surface area contributed by atoms with Crippen LogP contribution < -0.4 is 0 Å². The van der Waals surface area contributed by atoms with Gasteiger partial charge in [-0.25, -0.2) is 0 Å². The van der Waals surface area contributed by atoms with Crippen LogP contribution in [0.25, 0.3) is 0 Å². The summed E-state index contributed by atoms with van der Waals surface area (Å²) in [6.07, 6.45) is 1.05. The lowest BCUT2D eigenvalue weighted by Crippen LogP contribution is -2.36. The standard InChI is InChI=1S/C12H25ClO2/c1-5-14-9-12(8-13,7-11(3)4)10-15-6-2/h11H,5-10H2,1-4H3. The van der Waals surface area contributed by atoms with Crippen LogP contribution in [-0.2, 0) is 9.47 Å². The first-order chi connectivity index (χ1) is 7.10. The van der Waals surface area contributed by atoms with Crippen LogP contribution in [0.1, 0.15) is 34.1 Å². The summed E-state index contributed by atoms with van der Waals surface area (Å²) in [5, 5.41) is 0. The molecule has 15 heavy (non-hydrogen) atoms. The monoisotopic (exact) mass is 236 g/mol. The van der Waals surface area contributed by atoms with E-state index in [1.54, 1.807) is 0 Å². The lowest BCUT2D eigenvalue weighted by Gasteiger charge is -2.32. The molecule has 0 N–H and O–H groups in total. The number of hydrogen-bond acceptors (Lipinski definition) is 2. The Hall–Kier alpha value is 0.210. The molecule has 0 fully saturated rings. The van der Waals surface area contributed by atoms with E-state index < -0.39 is 0 Å². The molecular formula is C12H25ClO2. The van der Waals surface area contributed by atoms with Crippen LogP contribution in [0.2, 0.25) is 0 Å². The van der Waals surface area contributed by atoms with Crippen molar-refractivity contribution in [3.05, 3.63) is 0 Å². The highest BCUT2D eigenvalue weighted by Crippen LogP contribution is 2.29. The molecular weight excluding hydrogens is 212 g/mol. The highest BCUT2D eigenvalue weighted by molar-refractivity contribution is 6.18. The Morgan fingerprint density at radius 3 is 1.80 bits per heavy atom. The Labute approximate surface area is 99.3 Å². The molecule has 0 atom stereocenters. The summed E-state index contributed by atoms with van der Waals surface area (Å²) in [6.45, 7) is 11.3. The fourth-order valence-corrected chi connectivity index (χ4v) is 2.06. The number of rotatable bonds is 9. The summed E-state index contributed by atoms with van der Waals surface area (Å²) in [4.78, 5) is 0. The molecule has 0 spiro atoms. The van der Waals surface area contributed by atoms with Gasteiger partial charge in [0.05, 0.1) is 13.2 Å². The van der Waals surface area contributed by atoms with Crippen LogP contribution in [0.15, 0.2) is 0 Å². The summed E-state index contributed by atoms with van der Waals surface area (Å²) >= 11 is 6.08. The third kappa shape index (κ3) is 6.39. The maximum Gasteiger partial charge on any atom is 0.0555 e. The van der Waals surface area contributed by atoms with E-state index in [2.05, 4.69) is 13.8 Å². The van der Waals surface area contributed by atoms with Crippen molar-refractivity contribution in [2.75, 3.05) is 32.3 Å². The van der Waals surface area contributed by atoms with Gasteiger partial charge in [-0.15, -0.1) is 11.6 Å². The molecule has 2 nitrogen and oxygen atoms in total. The van der Waals surface area contributed by atoms with Crippen molar-refractivity contribution < 1.29 is 9.47 Å². The maximum absolute atomic E-state index is 6.08. The Bertz CT molecular complexity index is 141. The summed E-state index contributed by atoms with van der Waals surface area (Å²) in [7, 11) is 0. The Balaban J connectivity index is 4.30. The summed E-state index contributed by atoms with van der Waals surface area (Å²) in [5.74, 6) is 1.22. The SMILES string of the molecule is CCOCC(CCl)(COCC)CC(C)C. The zero-order valence-corrected chi connectivity index (χ0v) is 11.3. The largest absolute Gasteiger partial charge is 0.381 e. The lowest BCUT2D eigenvalue weighted by atomic mass is 9.83. The second kappa shape index (κ2) is 8.37. The van der Waals surface area contributed by atoms with Gasteiger partial charge in [-0.05, 0) is 26.2 Å². The lowest BCUT2D eigenvalue weighted by molar-refractivity contribution is -0.0150. The maximum atomic E-state index is 6.08. The van der Waals surface area contributed by atoms with E-state index in [0.29, 0.717) is 25.0 Å². The molecule has 0 saturated heterocycles. The van der Waals surface area contributed by atoms with E-state index in [9.17, 15) is 0 Å². The zero-order chi connectivity index (χ0) is 11.7. The van der Waals surface area contributed by atoms with Crippen LogP contribution in [0.5, 0.6) is 0 Å². The van der Waals surface area contributed by atoms with Crippen molar-refractivity contribution in [1.29, 1.82) is 0 Å². The molecule has 0 aromatic carbocycles. The highest BCUT2D eigenvalue weighted by Gasteiger charge is 2.30. The van der Waals surface area contributed by atoms with E-state index in [-0.39, 0.29) is 5.41 Å². The Morgan fingerprint density at radius 2 is 1.53 bits per heavy atom. The van der Waals surface area contributed by atoms with Crippen LogP contribution in [0.3, 0.4) is 0 Å². The first-order valence-corrected chi connectivity index (χ1v) is 6.35. The number of halogens is 1. The minimum Gasteiger partial charge on any atom is -0.381 e. The normalized spacial score (nSPS) is 12.4. The van der Waals surface area contributed by atoms with Gasteiger partial charge in [0.2, 0.25) is 0 Å². The quantitative estimate of drug-likeness (QED) is 0.572. The van der Waals surface area contributed by atoms with E-state index in [1.165, 1.54) is 0 Å². The van der Waals surface area contributed by atoms with Crippen molar-refractivity contribution >= 4 is 11.6 Å². The third-order valence-corrected chi connectivity index (χ3v) is 2.92. The number of ether oxygens (including phenoxy) is 2. The summed E-state index contributed by atoms with van der Waals surface area (Å²) < 4.78 is 11.0. The average molecular weight is 237 g/mol. The minimum atomic E-state index is -0.0122. The van der Waals surface area contributed by atoms with Gasteiger partial charge in [0.1, 0.15) is 0 Å². The van der Waals surface area contributed by atoms with E-state index in [0.717, 1.165) is 19.6 Å². The fraction of sp³-hybridized carbons (Fsp3) is 1.00. The number of alkyl halides is 1. The average Bonchev–Trinajstić information content (AvgIpc) is 2.22. The molecule has 3 heteroatoms. The second-order valence-corrected chi connectivity index (χ2v) is 4.77. The molecule has 0 aliphatic carbocycles. The minimum absolute atomic E-state index is 0.0122. The van der Waals surface area contributed by atoms with E-state index in [4.69, 9.17) is 21.1 Å². The van der Waals surface area contributed by atoms with E-state index in [1.807, 2.05) is 13.8 Å². The first kappa shape index (κ1) is 15.2. The van der Waals surface area contributed by atoms with Crippen LogP contribution in [0.4, 0.5) is 0 Å². The molecule has 92 valence electrons. The molecule has 0 aromatic heterocycles. The summed E-state index contributed by atoms with van der Waals surface area (Å²) in [6, 6.07) is 0. The third-order valence-electron chi connectivity index (χ3n) is 2.35. The van der Waals surface area contributed by atoms with Gasteiger partial charge < -0.3 is 9.47 Å². The summed E-state index contributed by atoms with van der Waals surface area (Å²) in [5.41, 5.74) is -0.0122. The molecule has 0 bridgehead atoms. The zero-order valence-electron chi connectivity index (χ0n) is 10.5. The van der Waals surface area contributed by atoms with Gasteiger partial charge in [-0.1, -0.05) is 13.8 Å². The smallest absolute Gasteiger partial charge is 0.0555 e. The fourth-order valence-electron chi connectivity index (χ4n) is 1.79. The first-order valence-electron chi connectivity index (χ1n) is 5.81. The van der Waals surface area contributed by atoms with Crippen molar-refractivity contribution in [2.24, 2.45) is 11.3 Å². The topological polar surface area (TPSA) is 18.5 Å². The molecule has 0 amide bonds. The molecule has 0 aromatic rings. The Kier molecular flexibility index (Phi) is 8.49. The Morgan fingerprint density at radius 1 is 1.07 bits per heavy atom. The van der Waals surface area contributed by atoms with Crippen molar-refractivity contribution in [3.8, 4) is 0 Å². The molecule has 0 unspecified atom stereocenters. The molecule has 0 aliphatic rings. The molecule has 0 radical (unpaired) electrons. The van der Waals surface area contributed by atoms with Crippen molar-refractivity contribution in [2.45, 2.75) is 34.1 Å². The predicted molar refractivity (Wildman–Crippen MR) is 65.6 cm³/mol. The van der Waals surface area contributed by atoms with Gasteiger partial charge in [-0.3, -0.25) is 0 Å². The molecule has 0 aliphatic heterocycles. The van der Waals surface area contributed by atoms with Gasteiger partial charge in [0.15, 0.2) is 0 Å². The molecule has 0 saturated carbocycles. The van der Waals surface area contributed by atoms with Crippen LogP contribution in [-0.4, -0.2) is 32.3 Å². The van der Waals surface area contributed by atoms with Gasteiger partial charge >= 0.3 is 0 Å². The van der Waals surface area contributed by atoms with Crippen molar-refractivity contribution in [1.82, 2.24) is 0 Å². The molecule has 0 rings (SSSR count). The predicted octanol–water partition coefficient (Wildman–Crippen LogP) is 3.33. The second-order valence-electron chi connectivity index (χ2n) is 4.51. The van der Waals surface area contributed by atoms with Crippen LogP contribution in [0, 0.1) is 11.3 Å². The highest BCUT2D eigenvalue weighted by atomic mass is 35.5. The van der Waals surface area contributed by atoms with Crippen molar-refractivity contribution in [3.63, 3.8) is 0 Å². The van der Waals surface area contributed by atoms with Gasteiger partial charge in [-0.2, -0.15) is 0 Å². The van der Waals surface area contributed by atoms with E-state index >= 15 is 0 Å². The van der Waals surface area contributed by atoms with Gasteiger partial charge in [0.25, 0.3) is 0 Å². The number of hydrogen-bond donors (Lipinski definition) is 0. The van der Waals surface area contributed by atoms with Gasteiger partial charge in [0, 0.05) is 24.5 Å². The van der Waals surface area contributed by atoms with Crippen LogP contribution >= 0.6 is 11.6 Å².